The minimum Gasteiger partial charge on any atom is -0.260 e. The van der Waals surface area contributed by atoms with Gasteiger partial charge in [-0.25, -0.2) is 13.6 Å². The molecule has 0 radical (unpaired) electrons. The molecular weight excluding hydrogens is 212 g/mol. The summed E-state index contributed by atoms with van der Waals surface area (Å²) in [4.78, 5) is 4.36. The molecule has 5 heteroatoms. The summed E-state index contributed by atoms with van der Waals surface area (Å²) >= 11 is 0. The Morgan fingerprint density at radius 2 is 1.87 bits per heavy atom. The molecular formula is C10H16N2O2S. The zero-order valence-electron chi connectivity index (χ0n) is 9.40. The van der Waals surface area contributed by atoms with Gasteiger partial charge in [0.1, 0.15) is 0 Å². The highest BCUT2D eigenvalue weighted by Gasteiger charge is 2.22. The van der Waals surface area contributed by atoms with Gasteiger partial charge in [-0.15, -0.1) is 0 Å². The van der Waals surface area contributed by atoms with Crippen molar-refractivity contribution in [1.29, 1.82) is 0 Å². The van der Waals surface area contributed by atoms with E-state index in [1.807, 2.05) is 20.8 Å². The van der Waals surface area contributed by atoms with E-state index in [0.29, 0.717) is 5.56 Å². The van der Waals surface area contributed by atoms with Gasteiger partial charge >= 0.3 is 0 Å². The minimum atomic E-state index is -3.66. The highest BCUT2D eigenvalue weighted by atomic mass is 32.2. The predicted octanol–water partition coefficient (Wildman–Crippen LogP) is 1.33. The zero-order valence-corrected chi connectivity index (χ0v) is 10.2. The molecule has 1 aromatic rings. The highest BCUT2D eigenvalue weighted by Crippen LogP contribution is 2.26. The Morgan fingerprint density at radius 3 is 2.27 bits per heavy atom. The average Bonchev–Trinajstić information content (AvgIpc) is 1.99. The van der Waals surface area contributed by atoms with Gasteiger partial charge in [0.25, 0.3) is 0 Å². The monoisotopic (exact) mass is 228 g/mol. The third-order valence-corrected chi connectivity index (χ3v) is 3.23. The molecule has 0 saturated carbocycles. The molecule has 4 nitrogen and oxygen atoms in total. The third kappa shape index (κ3) is 2.54. The number of rotatable bonds is 1. The van der Waals surface area contributed by atoms with Crippen LogP contribution in [0, 0.1) is 6.92 Å². The fourth-order valence-electron chi connectivity index (χ4n) is 1.58. The Morgan fingerprint density at radius 1 is 1.33 bits per heavy atom. The maximum absolute atomic E-state index is 11.3. The lowest BCUT2D eigenvalue weighted by Gasteiger charge is -2.21. The number of primary sulfonamides is 1. The number of hydrogen-bond acceptors (Lipinski definition) is 3. The molecule has 15 heavy (non-hydrogen) atoms. The van der Waals surface area contributed by atoms with Crippen LogP contribution in [0.3, 0.4) is 0 Å². The second-order valence-electron chi connectivity index (χ2n) is 4.58. The Kier molecular flexibility index (Phi) is 2.89. The molecule has 0 unspecified atom stereocenters. The largest absolute Gasteiger partial charge is 0.260 e. The lowest BCUT2D eigenvalue weighted by Crippen LogP contribution is -2.20. The van der Waals surface area contributed by atoms with Gasteiger partial charge in [-0.3, -0.25) is 4.98 Å². The highest BCUT2D eigenvalue weighted by molar-refractivity contribution is 7.89. The molecule has 0 aromatic carbocycles. The van der Waals surface area contributed by atoms with Crippen LogP contribution in [0.15, 0.2) is 17.2 Å². The molecule has 0 spiro atoms. The minimum absolute atomic E-state index is 0.155. The van der Waals surface area contributed by atoms with Crippen molar-refractivity contribution in [3.63, 3.8) is 0 Å². The number of nitrogens with zero attached hydrogens (tertiary/aromatic N) is 1. The summed E-state index contributed by atoms with van der Waals surface area (Å²) in [5.41, 5.74) is 1.20. The first kappa shape index (κ1) is 12.1. The average molecular weight is 228 g/mol. The van der Waals surface area contributed by atoms with E-state index >= 15 is 0 Å². The Balaban J connectivity index is 3.51. The van der Waals surface area contributed by atoms with E-state index in [2.05, 4.69) is 4.98 Å². The standard InChI is InChI=1S/C10H16N2O2S/c1-7-8(15(11,13)14)5-6-12-9(7)10(2,3)4/h5-6H,1-4H3,(H2,11,13,14). The normalized spacial score (nSPS) is 12.9. The lowest BCUT2D eigenvalue weighted by molar-refractivity contribution is 0.559. The van der Waals surface area contributed by atoms with Crippen LogP contribution in [0.25, 0.3) is 0 Å². The van der Waals surface area contributed by atoms with Crippen LogP contribution in [0.1, 0.15) is 32.0 Å². The van der Waals surface area contributed by atoms with Crippen LogP contribution in [-0.2, 0) is 15.4 Å². The molecule has 0 aliphatic rings. The van der Waals surface area contributed by atoms with Crippen LogP contribution in [0.2, 0.25) is 0 Å². The van der Waals surface area contributed by atoms with E-state index in [1.165, 1.54) is 12.3 Å². The molecule has 0 amide bonds. The van der Waals surface area contributed by atoms with Crippen molar-refractivity contribution >= 4 is 10.0 Å². The maximum atomic E-state index is 11.3. The van der Waals surface area contributed by atoms with E-state index in [1.54, 1.807) is 6.92 Å². The van der Waals surface area contributed by atoms with Crippen LogP contribution in [-0.4, -0.2) is 13.4 Å². The summed E-state index contributed by atoms with van der Waals surface area (Å²) < 4.78 is 22.6. The van der Waals surface area contributed by atoms with Gasteiger partial charge in [-0.2, -0.15) is 0 Å². The van der Waals surface area contributed by atoms with Crippen LogP contribution >= 0.6 is 0 Å². The second kappa shape index (κ2) is 3.57. The van der Waals surface area contributed by atoms with Crippen molar-refractivity contribution in [2.45, 2.75) is 38.0 Å². The molecule has 0 saturated heterocycles. The number of aromatic nitrogens is 1. The van der Waals surface area contributed by atoms with Crippen LogP contribution in [0.4, 0.5) is 0 Å². The zero-order chi connectivity index (χ0) is 11.9. The fourth-order valence-corrected chi connectivity index (χ4v) is 2.36. The van der Waals surface area contributed by atoms with Gasteiger partial charge < -0.3 is 0 Å². The topological polar surface area (TPSA) is 73.1 Å². The van der Waals surface area contributed by atoms with Crippen molar-refractivity contribution in [2.24, 2.45) is 5.14 Å². The van der Waals surface area contributed by atoms with Gasteiger partial charge in [0, 0.05) is 17.3 Å². The van der Waals surface area contributed by atoms with Crippen molar-refractivity contribution in [3.8, 4) is 0 Å². The molecule has 2 N–H and O–H groups in total. The van der Waals surface area contributed by atoms with Gasteiger partial charge in [-0.1, -0.05) is 20.8 Å². The predicted molar refractivity (Wildman–Crippen MR) is 59.0 cm³/mol. The van der Waals surface area contributed by atoms with Crippen LogP contribution < -0.4 is 5.14 Å². The number of nitrogens with two attached hydrogens (primary N) is 1. The number of pyridine rings is 1. The van der Waals surface area contributed by atoms with Gasteiger partial charge in [0.15, 0.2) is 0 Å². The smallest absolute Gasteiger partial charge is 0.238 e. The summed E-state index contributed by atoms with van der Waals surface area (Å²) in [5.74, 6) is 0. The van der Waals surface area contributed by atoms with Gasteiger partial charge in [-0.05, 0) is 18.6 Å². The van der Waals surface area contributed by atoms with Crippen LogP contribution in [0.5, 0.6) is 0 Å². The van der Waals surface area contributed by atoms with Crippen molar-refractivity contribution in [3.05, 3.63) is 23.5 Å². The van der Waals surface area contributed by atoms with E-state index in [4.69, 9.17) is 5.14 Å². The van der Waals surface area contributed by atoms with Gasteiger partial charge in [0.2, 0.25) is 10.0 Å². The maximum Gasteiger partial charge on any atom is 0.238 e. The summed E-state index contributed by atoms with van der Waals surface area (Å²) in [5, 5.41) is 5.11. The summed E-state index contributed by atoms with van der Waals surface area (Å²) in [6, 6.07) is 1.43. The molecule has 0 aliphatic carbocycles. The van der Waals surface area contributed by atoms with Crippen molar-refractivity contribution < 1.29 is 8.42 Å². The third-order valence-electron chi connectivity index (χ3n) is 2.17. The summed E-state index contributed by atoms with van der Waals surface area (Å²) in [7, 11) is -3.66. The van der Waals surface area contributed by atoms with E-state index < -0.39 is 10.0 Å². The first-order valence-corrected chi connectivity index (χ1v) is 6.17. The van der Waals surface area contributed by atoms with E-state index in [-0.39, 0.29) is 10.3 Å². The SMILES string of the molecule is Cc1c(S(N)(=O)=O)ccnc1C(C)(C)C. The van der Waals surface area contributed by atoms with Crippen molar-refractivity contribution in [2.75, 3.05) is 0 Å². The lowest BCUT2D eigenvalue weighted by atomic mass is 9.89. The van der Waals surface area contributed by atoms with Gasteiger partial charge in [0.05, 0.1) is 4.90 Å². The molecule has 0 atom stereocenters. The van der Waals surface area contributed by atoms with Crippen molar-refractivity contribution in [1.82, 2.24) is 4.98 Å². The number of sulfonamides is 1. The Labute approximate surface area is 90.6 Å². The first-order valence-electron chi connectivity index (χ1n) is 4.63. The molecule has 0 aliphatic heterocycles. The molecule has 0 fully saturated rings. The van der Waals surface area contributed by atoms with E-state index in [9.17, 15) is 8.42 Å². The fraction of sp³-hybridized carbons (Fsp3) is 0.500. The molecule has 0 bridgehead atoms. The molecule has 84 valence electrons. The Hall–Kier alpha value is -0.940. The molecule has 1 heterocycles. The molecule has 1 rings (SSSR count). The molecule has 1 aromatic heterocycles. The Bertz CT molecular complexity index is 473. The number of hydrogen-bond donors (Lipinski definition) is 1. The summed E-state index contributed by atoms with van der Waals surface area (Å²) in [6.07, 6.45) is 1.48. The summed E-state index contributed by atoms with van der Waals surface area (Å²) in [6.45, 7) is 7.67. The quantitative estimate of drug-likeness (QED) is 0.788. The first-order chi connectivity index (χ1) is 6.64. The van der Waals surface area contributed by atoms with E-state index in [0.717, 1.165) is 5.69 Å². The second-order valence-corrected chi connectivity index (χ2v) is 6.11.